The Morgan fingerprint density at radius 3 is 2.33 bits per heavy atom. The number of rotatable bonds is 5. The summed E-state index contributed by atoms with van der Waals surface area (Å²) < 4.78 is 55.4. The van der Waals surface area contributed by atoms with Gasteiger partial charge in [-0.05, 0) is 60.2 Å². The van der Waals surface area contributed by atoms with Crippen LogP contribution in [0.5, 0.6) is 0 Å². The molecule has 43 heavy (non-hydrogen) atoms. The standard InChI is InChI=1S/C29H18ClF4N3O4S2/c30-16-6-10-18(11-7-16)35-20(38)13-36-27-24(43-28(36)41)21(14-4-8-17(31)9-5-14)22-23(42-27)26(40)37(25(22)39)19-3-1-2-15(12-19)29(32,33)34/h1-12,21-23H,13H2,(H,35,38)/t21-,22?,23?/m1/s1. The molecule has 6 rings (SSSR count). The quantitative estimate of drug-likeness (QED) is 0.207. The van der Waals surface area contributed by atoms with E-state index in [4.69, 9.17) is 11.6 Å². The number of hydrogen-bond acceptors (Lipinski definition) is 6. The first-order valence-electron chi connectivity index (χ1n) is 12.7. The lowest BCUT2D eigenvalue weighted by Crippen LogP contribution is -2.33. The van der Waals surface area contributed by atoms with Crippen molar-refractivity contribution in [3.63, 3.8) is 0 Å². The van der Waals surface area contributed by atoms with Crippen LogP contribution in [0.25, 0.3) is 0 Å². The fourth-order valence-electron chi connectivity index (χ4n) is 5.24. The number of nitrogens with zero attached hydrogens (tertiary/aromatic N) is 2. The molecule has 3 aromatic carbocycles. The van der Waals surface area contributed by atoms with E-state index >= 15 is 0 Å². The van der Waals surface area contributed by atoms with E-state index in [0.29, 0.717) is 21.2 Å². The van der Waals surface area contributed by atoms with E-state index in [0.717, 1.165) is 46.2 Å². The third-order valence-corrected chi connectivity index (χ3v) is 10.00. The summed E-state index contributed by atoms with van der Waals surface area (Å²) in [5, 5.41) is 2.30. The molecule has 3 amide bonds. The van der Waals surface area contributed by atoms with Crippen LogP contribution in [-0.2, 0) is 27.1 Å². The first kappa shape index (κ1) is 29.1. The van der Waals surface area contributed by atoms with Crippen molar-refractivity contribution in [2.75, 3.05) is 10.2 Å². The van der Waals surface area contributed by atoms with Crippen molar-refractivity contribution in [3.05, 3.63) is 109 Å². The Morgan fingerprint density at radius 2 is 1.65 bits per heavy atom. The zero-order chi connectivity index (χ0) is 30.6. The van der Waals surface area contributed by atoms with E-state index in [9.17, 15) is 36.7 Å². The molecular weight excluding hydrogens is 630 g/mol. The van der Waals surface area contributed by atoms with Crippen LogP contribution in [0, 0.1) is 11.7 Å². The van der Waals surface area contributed by atoms with Crippen LogP contribution in [-0.4, -0.2) is 27.5 Å². The van der Waals surface area contributed by atoms with Gasteiger partial charge in [0.2, 0.25) is 17.7 Å². The van der Waals surface area contributed by atoms with Gasteiger partial charge in [-0.3, -0.25) is 23.7 Å². The summed E-state index contributed by atoms with van der Waals surface area (Å²) in [4.78, 5) is 54.3. The zero-order valence-corrected chi connectivity index (χ0v) is 24.0. The lowest BCUT2D eigenvalue weighted by molar-refractivity contribution is -0.137. The fraction of sp³-hybridized carbons (Fsp3) is 0.172. The molecule has 3 atom stereocenters. The SMILES string of the molecule is O=C(Cn1c2c(sc1=O)[C@H](c1ccc(F)cc1)C1C(=O)N(c3cccc(C(F)(F)F)c3)C(=O)C1S2)Nc1ccc(Cl)cc1. The van der Waals surface area contributed by atoms with Crippen molar-refractivity contribution < 1.29 is 31.9 Å². The predicted molar refractivity (Wildman–Crippen MR) is 154 cm³/mol. The van der Waals surface area contributed by atoms with Crippen molar-refractivity contribution in [1.29, 1.82) is 0 Å². The maximum atomic E-state index is 13.9. The summed E-state index contributed by atoms with van der Waals surface area (Å²) in [6, 6.07) is 15.5. The van der Waals surface area contributed by atoms with E-state index in [2.05, 4.69) is 5.32 Å². The van der Waals surface area contributed by atoms with Gasteiger partial charge in [0.05, 0.1) is 22.2 Å². The third kappa shape index (κ3) is 5.36. The lowest BCUT2D eigenvalue weighted by Gasteiger charge is -2.30. The second-order valence-corrected chi connectivity index (χ2v) is 12.4. The van der Waals surface area contributed by atoms with Crippen LogP contribution in [0.3, 0.4) is 0 Å². The van der Waals surface area contributed by atoms with E-state index in [-0.39, 0.29) is 10.7 Å². The summed E-state index contributed by atoms with van der Waals surface area (Å²) >= 11 is 7.60. The topological polar surface area (TPSA) is 88.5 Å². The number of thiazole rings is 1. The van der Waals surface area contributed by atoms with Crippen molar-refractivity contribution in [2.45, 2.75) is 28.9 Å². The molecular formula is C29H18ClF4N3O4S2. The maximum Gasteiger partial charge on any atom is 0.416 e. The Labute approximate surface area is 254 Å². The highest BCUT2D eigenvalue weighted by Crippen LogP contribution is 2.54. The van der Waals surface area contributed by atoms with Crippen LogP contribution in [0.15, 0.2) is 82.6 Å². The molecule has 2 aliphatic heterocycles. The molecule has 1 N–H and O–H groups in total. The number of halogens is 5. The first-order valence-corrected chi connectivity index (χ1v) is 14.8. The predicted octanol–water partition coefficient (Wildman–Crippen LogP) is 6.16. The Hall–Kier alpha value is -3.94. The molecule has 0 saturated carbocycles. The van der Waals surface area contributed by atoms with Gasteiger partial charge in [0.25, 0.3) is 0 Å². The van der Waals surface area contributed by atoms with Gasteiger partial charge in [-0.2, -0.15) is 13.2 Å². The Balaban J connectivity index is 1.40. The number of hydrogen-bond donors (Lipinski definition) is 1. The number of fused-ring (bicyclic) bond motifs is 2. The molecule has 1 fully saturated rings. The lowest BCUT2D eigenvalue weighted by atomic mass is 9.83. The molecule has 220 valence electrons. The number of carbonyl (C=O) groups is 3. The van der Waals surface area contributed by atoms with Crippen LogP contribution >= 0.6 is 34.7 Å². The van der Waals surface area contributed by atoms with Crippen molar-refractivity contribution >= 4 is 63.8 Å². The number of anilines is 2. The molecule has 3 heterocycles. The van der Waals surface area contributed by atoms with Gasteiger partial charge in [0.15, 0.2) is 0 Å². The Morgan fingerprint density at radius 1 is 0.953 bits per heavy atom. The van der Waals surface area contributed by atoms with Gasteiger partial charge < -0.3 is 5.32 Å². The molecule has 0 bridgehead atoms. The molecule has 2 unspecified atom stereocenters. The smallest absolute Gasteiger partial charge is 0.325 e. The molecule has 1 saturated heterocycles. The number of nitrogens with one attached hydrogen (secondary N) is 1. The van der Waals surface area contributed by atoms with Crippen molar-refractivity contribution in [1.82, 2.24) is 4.57 Å². The van der Waals surface area contributed by atoms with Gasteiger partial charge >= 0.3 is 11.0 Å². The summed E-state index contributed by atoms with van der Waals surface area (Å²) in [7, 11) is 0. The molecule has 7 nitrogen and oxygen atoms in total. The average Bonchev–Trinajstić information content (AvgIpc) is 3.40. The molecule has 4 aromatic rings. The minimum Gasteiger partial charge on any atom is -0.325 e. The summed E-state index contributed by atoms with van der Waals surface area (Å²) in [5.74, 6) is -4.57. The summed E-state index contributed by atoms with van der Waals surface area (Å²) in [6.07, 6.45) is -4.70. The van der Waals surface area contributed by atoms with Gasteiger partial charge in [0, 0.05) is 21.5 Å². The van der Waals surface area contributed by atoms with Crippen LogP contribution in [0.4, 0.5) is 28.9 Å². The maximum absolute atomic E-state index is 13.9. The number of thioether (sulfide) groups is 1. The molecule has 0 radical (unpaired) electrons. The monoisotopic (exact) mass is 647 g/mol. The van der Waals surface area contributed by atoms with Crippen LogP contribution in [0.2, 0.25) is 5.02 Å². The molecule has 14 heteroatoms. The second kappa shape index (κ2) is 11.0. The third-order valence-electron chi connectivity index (χ3n) is 7.14. The highest BCUT2D eigenvalue weighted by atomic mass is 35.5. The van der Waals surface area contributed by atoms with Gasteiger partial charge in [-0.15, -0.1) is 0 Å². The second-order valence-electron chi connectivity index (χ2n) is 9.83. The number of aromatic nitrogens is 1. The molecule has 1 aromatic heterocycles. The first-order chi connectivity index (χ1) is 20.4. The van der Waals surface area contributed by atoms with E-state index in [1.807, 2.05) is 0 Å². The summed E-state index contributed by atoms with van der Waals surface area (Å²) in [5.41, 5.74) is -0.385. The normalized spacial score (nSPS) is 19.7. The number of benzene rings is 3. The molecule has 0 spiro atoms. The number of alkyl halides is 3. The Bertz CT molecular complexity index is 1820. The Kier molecular flexibility index (Phi) is 7.43. The minimum atomic E-state index is -4.70. The zero-order valence-electron chi connectivity index (χ0n) is 21.6. The highest BCUT2D eigenvalue weighted by Gasteiger charge is 2.57. The van der Waals surface area contributed by atoms with Crippen LogP contribution in [0.1, 0.15) is 21.9 Å². The number of amides is 3. The van der Waals surface area contributed by atoms with Gasteiger partial charge in [-0.25, -0.2) is 9.29 Å². The highest BCUT2D eigenvalue weighted by molar-refractivity contribution is 8.00. The van der Waals surface area contributed by atoms with Crippen molar-refractivity contribution in [2.24, 2.45) is 5.92 Å². The average molecular weight is 648 g/mol. The number of imide groups is 1. The van der Waals surface area contributed by atoms with Gasteiger partial charge in [0.1, 0.15) is 17.6 Å². The fourth-order valence-corrected chi connectivity index (χ4v) is 8.14. The number of carbonyl (C=O) groups excluding carboxylic acids is 3. The van der Waals surface area contributed by atoms with E-state index in [1.54, 1.807) is 24.3 Å². The van der Waals surface area contributed by atoms with E-state index in [1.165, 1.54) is 34.9 Å². The molecule has 0 aliphatic carbocycles. The van der Waals surface area contributed by atoms with Gasteiger partial charge in [-0.1, -0.05) is 52.9 Å². The molecule has 2 aliphatic rings. The van der Waals surface area contributed by atoms with Crippen LogP contribution < -0.4 is 15.1 Å². The largest absolute Gasteiger partial charge is 0.416 e. The van der Waals surface area contributed by atoms with E-state index < -0.39 is 63.8 Å². The van der Waals surface area contributed by atoms with Crippen molar-refractivity contribution in [3.8, 4) is 0 Å². The summed E-state index contributed by atoms with van der Waals surface area (Å²) in [6.45, 7) is -0.409. The minimum absolute atomic E-state index is 0.235.